The van der Waals surface area contributed by atoms with Gasteiger partial charge in [-0.1, -0.05) is 6.92 Å². The van der Waals surface area contributed by atoms with E-state index in [-0.39, 0.29) is 17.7 Å². The lowest BCUT2D eigenvalue weighted by Crippen LogP contribution is -2.40. The molecule has 2 amide bonds. The fourth-order valence-corrected chi connectivity index (χ4v) is 2.18. The Morgan fingerprint density at radius 2 is 1.94 bits per heavy atom. The van der Waals surface area contributed by atoms with Crippen molar-refractivity contribution in [3.8, 4) is 0 Å². The number of carbonyl (C=O) groups excluding carboxylic acids is 2. The van der Waals surface area contributed by atoms with Gasteiger partial charge in [0.15, 0.2) is 0 Å². The van der Waals surface area contributed by atoms with Crippen LogP contribution in [0.2, 0.25) is 0 Å². The second-order valence-corrected chi connectivity index (χ2v) is 5.04. The standard InChI is InChI=1S/C12H23N3O2/c1-9(8-13)6-12(17)15-4-2-10(3-5-15)7-11(14)16/h9-10H,2-8,13H2,1H3,(H2,14,16). The van der Waals surface area contributed by atoms with Crippen LogP contribution in [0.4, 0.5) is 0 Å². The van der Waals surface area contributed by atoms with Gasteiger partial charge in [0, 0.05) is 25.9 Å². The molecule has 1 heterocycles. The number of nitrogens with two attached hydrogens (primary N) is 2. The van der Waals surface area contributed by atoms with Gasteiger partial charge < -0.3 is 16.4 Å². The van der Waals surface area contributed by atoms with Gasteiger partial charge >= 0.3 is 0 Å². The molecule has 1 saturated heterocycles. The smallest absolute Gasteiger partial charge is 0.222 e. The molecule has 0 aromatic heterocycles. The number of rotatable bonds is 5. The molecule has 98 valence electrons. The number of nitrogens with zero attached hydrogens (tertiary/aromatic N) is 1. The molecule has 0 spiro atoms. The van der Waals surface area contributed by atoms with Crippen LogP contribution in [0.15, 0.2) is 0 Å². The summed E-state index contributed by atoms with van der Waals surface area (Å²) in [6.45, 7) is 4.02. The molecule has 4 N–H and O–H groups in total. The van der Waals surface area contributed by atoms with Crippen LogP contribution in [0.25, 0.3) is 0 Å². The van der Waals surface area contributed by atoms with Crippen molar-refractivity contribution >= 4 is 11.8 Å². The number of piperidine rings is 1. The van der Waals surface area contributed by atoms with Crippen LogP contribution in [-0.2, 0) is 9.59 Å². The first-order valence-corrected chi connectivity index (χ1v) is 6.29. The molecule has 1 aliphatic rings. The van der Waals surface area contributed by atoms with Crippen molar-refractivity contribution in [2.24, 2.45) is 23.3 Å². The van der Waals surface area contributed by atoms with Gasteiger partial charge in [0.1, 0.15) is 0 Å². The zero-order chi connectivity index (χ0) is 12.8. The maximum Gasteiger partial charge on any atom is 0.222 e. The summed E-state index contributed by atoms with van der Waals surface area (Å²) >= 11 is 0. The first-order valence-electron chi connectivity index (χ1n) is 6.29. The molecule has 0 aromatic rings. The van der Waals surface area contributed by atoms with Gasteiger partial charge in [0.2, 0.25) is 11.8 Å². The molecule has 0 aliphatic carbocycles. The SMILES string of the molecule is CC(CN)CC(=O)N1CCC(CC(N)=O)CC1. The van der Waals surface area contributed by atoms with Crippen LogP contribution in [0.5, 0.6) is 0 Å². The van der Waals surface area contributed by atoms with Crippen molar-refractivity contribution in [1.29, 1.82) is 0 Å². The number of carbonyl (C=O) groups is 2. The molecule has 0 bridgehead atoms. The monoisotopic (exact) mass is 241 g/mol. The van der Waals surface area contributed by atoms with E-state index in [1.807, 2.05) is 11.8 Å². The Labute approximate surface area is 103 Å². The topological polar surface area (TPSA) is 89.4 Å². The number of primary amides is 1. The van der Waals surface area contributed by atoms with E-state index in [1.54, 1.807) is 0 Å². The highest BCUT2D eigenvalue weighted by molar-refractivity contribution is 5.76. The lowest BCUT2D eigenvalue weighted by Gasteiger charge is -2.32. The van der Waals surface area contributed by atoms with Crippen LogP contribution in [0.1, 0.15) is 32.6 Å². The van der Waals surface area contributed by atoms with E-state index < -0.39 is 0 Å². The summed E-state index contributed by atoms with van der Waals surface area (Å²) in [5.41, 5.74) is 10.7. The van der Waals surface area contributed by atoms with Crippen LogP contribution < -0.4 is 11.5 Å². The normalized spacial score (nSPS) is 19.1. The number of hydrogen-bond donors (Lipinski definition) is 2. The van der Waals surface area contributed by atoms with Gasteiger partial charge in [-0.05, 0) is 31.2 Å². The molecule has 1 unspecified atom stereocenters. The molecule has 1 rings (SSSR count). The fraction of sp³-hybridized carbons (Fsp3) is 0.833. The van der Waals surface area contributed by atoms with E-state index in [9.17, 15) is 9.59 Å². The quantitative estimate of drug-likeness (QED) is 0.714. The third-order valence-electron chi connectivity index (χ3n) is 3.38. The molecule has 1 atom stereocenters. The molecule has 0 saturated carbocycles. The third kappa shape index (κ3) is 4.73. The average Bonchev–Trinajstić information content (AvgIpc) is 2.28. The highest BCUT2D eigenvalue weighted by Crippen LogP contribution is 2.21. The van der Waals surface area contributed by atoms with E-state index in [2.05, 4.69) is 0 Å². The van der Waals surface area contributed by atoms with Crippen molar-refractivity contribution < 1.29 is 9.59 Å². The largest absolute Gasteiger partial charge is 0.370 e. The van der Waals surface area contributed by atoms with Crippen LogP contribution >= 0.6 is 0 Å². The number of likely N-dealkylation sites (tertiary alicyclic amines) is 1. The Bertz CT molecular complexity index is 273. The molecule has 17 heavy (non-hydrogen) atoms. The number of hydrogen-bond acceptors (Lipinski definition) is 3. The Morgan fingerprint density at radius 1 is 1.35 bits per heavy atom. The second kappa shape index (κ2) is 6.59. The van der Waals surface area contributed by atoms with Crippen molar-refractivity contribution in [2.75, 3.05) is 19.6 Å². The third-order valence-corrected chi connectivity index (χ3v) is 3.38. The lowest BCUT2D eigenvalue weighted by molar-refractivity contribution is -0.133. The molecule has 0 radical (unpaired) electrons. The van der Waals surface area contributed by atoms with E-state index in [0.29, 0.717) is 25.3 Å². The van der Waals surface area contributed by atoms with Crippen LogP contribution in [0, 0.1) is 11.8 Å². The number of amides is 2. The Balaban J connectivity index is 2.31. The summed E-state index contributed by atoms with van der Waals surface area (Å²) in [5.74, 6) is 0.529. The lowest BCUT2D eigenvalue weighted by atomic mass is 9.93. The Kier molecular flexibility index (Phi) is 5.41. The maximum absolute atomic E-state index is 11.9. The van der Waals surface area contributed by atoms with Crippen LogP contribution in [0.3, 0.4) is 0 Å². The maximum atomic E-state index is 11.9. The minimum atomic E-state index is -0.244. The zero-order valence-electron chi connectivity index (χ0n) is 10.5. The highest BCUT2D eigenvalue weighted by atomic mass is 16.2. The van der Waals surface area contributed by atoms with E-state index in [0.717, 1.165) is 25.9 Å². The zero-order valence-corrected chi connectivity index (χ0v) is 10.5. The van der Waals surface area contributed by atoms with Gasteiger partial charge in [0.25, 0.3) is 0 Å². The Morgan fingerprint density at radius 3 is 2.41 bits per heavy atom. The molecular weight excluding hydrogens is 218 g/mol. The van der Waals surface area contributed by atoms with E-state index in [4.69, 9.17) is 11.5 Å². The van der Waals surface area contributed by atoms with E-state index in [1.165, 1.54) is 0 Å². The summed E-state index contributed by atoms with van der Waals surface area (Å²) in [4.78, 5) is 24.5. The second-order valence-electron chi connectivity index (χ2n) is 5.04. The van der Waals surface area contributed by atoms with Gasteiger partial charge in [-0.25, -0.2) is 0 Å². The fourth-order valence-electron chi connectivity index (χ4n) is 2.18. The summed E-state index contributed by atoms with van der Waals surface area (Å²) in [5, 5.41) is 0. The predicted molar refractivity (Wildman–Crippen MR) is 66.0 cm³/mol. The van der Waals surface area contributed by atoms with Gasteiger partial charge in [0.05, 0.1) is 0 Å². The summed E-state index contributed by atoms with van der Waals surface area (Å²) in [7, 11) is 0. The summed E-state index contributed by atoms with van der Waals surface area (Å²) in [6, 6.07) is 0. The molecule has 5 nitrogen and oxygen atoms in total. The molecular formula is C12H23N3O2. The van der Waals surface area contributed by atoms with Gasteiger partial charge in [-0.15, -0.1) is 0 Å². The van der Waals surface area contributed by atoms with Crippen molar-refractivity contribution in [3.05, 3.63) is 0 Å². The Hall–Kier alpha value is -1.10. The molecule has 1 aliphatic heterocycles. The average molecular weight is 241 g/mol. The van der Waals surface area contributed by atoms with Gasteiger partial charge in [-0.3, -0.25) is 9.59 Å². The minimum absolute atomic E-state index is 0.181. The van der Waals surface area contributed by atoms with Crippen molar-refractivity contribution in [2.45, 2.75) is 32.6 Å². The molecule has 0 aromatic carbocycles. The van der Waals surface area contributed by atoms with Crippen molar-refractivity contribution in [3.63, 3.8) is 0 Å². The van der Waals surface area contributed by atoms with Crippen molar-refractivity contribution in [1.82, 2.24) is 4.90 Å². The minimum Gasteiger partial charge on any atom is -0.370 e. The van der Waals surface area contributed by atoms with E-state index >= 15 is 0 Å². The summed E-state index contributed by atoms with van der Waals surface area (Å²) < 4.78 is 0. The van der Waals surface area contributed by atoms with Crippen LogP contribution in [-0.4, -0.2) is 36.3 Å². The first kappa shape index (κ1) is 14.0. The molecule has 5 heteroatoms. The van der Waals surface area contributed by atoms with Gasteiger partial charge in [-0.2, -0.15) is 0 Å². The predicted octanol–water partition coefficient (Wildman–Crippen LogP) is 0.0853. The summed E-state index contributed by atoms with van der Waals surface area (Å²) in [6.07, 6.45) is 2.73. The highest BCUT2D eigenvalue weighted by Gasteiger charge is 2.24. The molecule has 1 fully saturated rings. The first-order chi connectivity index (χ1) is 8.02.